The van der Waals surface area contributed by atoms with E-state index in [2.05, 4.69) is 15.0 Å². The van der Waals surface area contributed by atoms with Gasteiger partial charge in [0, 0.05) is 6.54 Å². The van der Waals surface area contributed by atoms with Crippen LogP contribution in [0.1, 0.15) is 5.56 Å². The molecule has 1 aliphatic heterocycles. The minimum Gasteiger partial charge on any atom is -0.310 e. The Bertz CT molecular complexity index is 600. The molecule has 18 heavy (non-hydrogen) atoms. The van der Waals surface area contributed by atoms with Crippen LogP contribution in [0.3, 0.4) is 0 Å². The molecule has 0 saturated heterocycles. The Hall–Kier alpha value is -1.46. The van der Waals surface area contributed by atoms with E-state index in [-0.39, 0.29) is 16.4 Å². The van der Waals surface area contributed by atoms with Crippen molar-refractivity contribution in [2.75, 3.05) is 11.4 Å². The summed E-state index contributed by atoms with van der Waals surface area (Å²) < 4.78 is 13.3. The summed E-state index contributed by atoms with van der Waals surface area (Å²) in [6.45, 7) is 0.662. The molecule has 92 valence electrons. The van der Waals surface area contributed by atoms with Crippen LogP contribution in [0.4, 0.5) is 16.0 Å². The molecule has 0 aliphatic carbocycles. The van der Waals surface area contributed by atoms with Crippen LogP contribution < -0.4 is 4.90 Å². The minimum absolute atomic E-state index is 0.0230. The summed E-state index contributed by atoms with van der Waals surface area (Å²) >= 11 is 11.5. The summed E-state index contributed by atoms with van der Waals surface area (Å²) in [6, 6.07) is 4.65. The SMILES string of the molecule is Fc1ccc2c(c1)N(c1nc(Cl)nc(Cl)n1)CC2. The van der Waals surface area contributed by atoms with Crippen molar-refractivity contribution in [3.63, 3.8) is 0 Å². The maximum absolute atomic E-state index is 13.3. The van der Waals surface area contributed by atoms with Gasteiger partial charge in [-0.1, -0.05) is 6.07 Å². The summed E-state index contributed by atoms with van der Waals surface area (Å²) in [5, 5.41) is 0.0460. The predicted octanol–water partition coefficient (Wildman–Crippen LogP) is 3.01. The largest absolute Gasteiger partial charge is 0.310 e. The van der Waals surface area contributed by atoms with Gasteiger partial charge in [-0.05, 0) is 47.3 Å². The number of halogens is 3. The van der Waals surface area contributed by atoms with Gasteiger partial charge in [0.05, 0.1) is 5.69 Å². The zero-order valence-electron chi connectivity index (χ0n) is 9.07. The van der Waals surface area contributed by atoms with Crippen LogP contribution in [0.5, 0.6) is 0 Å². The Labute approximate surface area is 112 Å². The molecular formula is C11H7Cl2FN4. The van der Waals surface area contributed by atoms with Crippen molar-refractivity contribution in [3.05, 3.63) is 40.1 Å². The molecule has 4 nitrogen and oxygen atoms in total. The van der Waals surface area contributed by atoms with E-state index in [0.29, 0.717) is 12.5 Å². The highest BCUT2D eigenvalue weighted by molar-refractivity contribution is 6.31. The molecule has 0 saturated carbocycles. The van der Waals surface area contributed by atoms with Gasteiger partial charge in [-0.3, -0.25) is 0 Å². The fraction of sp³-hybridized carbons (Fsp3) is 0.182. The van der Waals surface area contributed by atoms with Crippen LogP contribution in [0.2, 0.25) is 10.6 Å². The Balaban J connectivity index is 2.08. The first-order chi connectivity index (χ1) is 8.63. The molecule has 0 N–H and O–H groups in total. The molecule has 1 aliphatic rings. The van der Waals surface area contributed by atoms with Crippen molar-refractivity contribution in [2.45, 2.75) is 6.42 Å². The second-order valence-electron chi connectivity index (χ2n) is 3.85. The van der Waals surface area contributed by atoms with E-state index < -0.39 is 0 Å². The highest BCUT2D eigenvalue weighted by Crippen LogP contribution is 2.33. The van der Waals surface area contributed by atoms with E-state index in [9.17, 15) is 4.39 Å². The van der Waals surface area contributed by atoms with Crippen LogP contribution in [0, 0.1) is 5.82 Å². The van der Waals surface area contributed by atoms with Gasteiger partial charge in [0.1, 0.15) is 5.82 Å². The van der Waals surface area contributed by atoms with Crippen molar-refractivity contribution in [3.8, 4) is 0 Å². The average Bonchev–Trinajstić information content (AvgIpc) is 2.70. The summed E-state index contributed by atoms with van der Waals surface area (Å²) in [5.74, 6) is 0.0382. The van der Waals surface area contributed by atoms with Gasteiger partial charge in [-0.25, -0.2) is 4.39 Å². The lowest BCUT2D eigenvalue weighted by atomic mass is 10.2. The summed E-state index contributed by atoms with van der Waals surface area (Å²) in [5.41, 5.74) is 1.79. The number of hydrogen-bond donors (Lipinski definition) is 0. The normalized spacial score (nSPS) is 13.8. The molecule has 0 fully saturated rings. The lowest BCUT2D eigenvalue weighted by Crippen LogP contribution is -2.17. The second-order valence-corrected chi connectivity index (χ2v) is 4.52. The van der Waals surface area contributed by atoms with E-state index in [1.165, 1.54) is 12.1 Å². The Morgan fingerprint density at radius 3 is 2.56 bits per heavy atom. The van der Waals surface area contributed by atoms with Crippen LogP contribution in [0.15, 0.2) is 18.2 Å². The highest BCUT2D eigenvalue weighted by Gasteiger charge is 2.23. The molecule has 0 spiro atoms. The highest BCUT2D eigenvalue weighted by atomic mass is 35.5. The average molecular weight is 285 g/mol. The zero-order chi connectivity index (χ0) is 12.7. The summed E-state index contributed by atoms with van der Waals surface area (Å²) in [7, 11) is 0. The zero-order valence-corrected chi connectivity index (χ0v) is 10.6. The maximum atomic E-state index is 13.3. The van der Waals surface area contributed by atoms with Crippen molar-refractivity contribution in [1.29, 1.82) is 0 Å². The number of benzene rings is 1. The first kappa shape index (κ1) is 11.6. The smallest absolute Gasteiger partial charge is 0.235 e. The maximum Gasteiger partial charge on any atom is 0.235 e. The lowest BCUT2D eigenvalue weighted by molar-refractivity contribution is 0.628. The molecule has 0 radical (unpaired) electrons. The molecule has 0 atom stereocenters. The van der Waals surface area contributed by atoms with Gasteiger partial charge in [-0.2, -0.15) is 15.0 Å². The summed E-state index contributed by atoms with van der Waals surface area (Å²) in [6.07, 6.45) is 0.802. The number of anilines is 2. The fourth-order valence-corrected chi connectivity index (χ4v) is 2.35. The number of aromatic nitrogens is 3. The van der Waals surface area contributed by atoms with Gasteiger partial charge in [0.25, 0.3) is 0 Å². The Morgan fingerprint density at radius 1 is 1.11 bits per heavy atom. The molecule has 0 amide bonds. The van der Waals surface area contributed by atoms with Crippen molar-refractivity contribution < 1.29 is 4.39 Å². The van der Waals surface area contributed by atoms with Crippen LogP contribution in [0.25, 0.3) is 0 Å². The van der Waals surface area contributed by atoms with E-state index in [1.807, 2.05) is 0 Å². The third-order valence-electron chi connectivity index (χ3n) is 2.75. The van der Waals surface area contributed by atoms with Gasteiger partial charge < -0.3 is 4.90 Å². The van der Waals surface area contributed by atoms with Crippen molar-refractivity contribution in [2.24, 2.45) is 0 Å². The summed E-state index contributed by atoms with van der Waals surface area (Å²) in [4.78, 5) is 13.5. The van der Waals surface area contributed by atoms with Gasteiger partial charge in [-0.15, -0.1) is 0 Å². The Kier molecular flexibility index (Phi) is 2.80. The van der Waals surface area contributed by atoms with Crippen molar-refractivity contribution in [1.82, 2.24) is 15.0 Å². The molecule has 0 bridgehead atoms. The van der Waals surface area contributed by atoms with Crippen LogP contribution in [-0.2, 0) is 6.42 Å². The van der Waals surface area contributed by atoms with Gasteiger partial charge in [0.15, 0.2) is 0 Å². The molecular weight excluding hydrogens is 278 g/mol. The molecule has 2 aromatic rings. The molecule has 3 rings (SSSR count). The molecule has 0 unspecified atom stereocenters. The third-order valence-corrected chi connectivity index (χ3v) is 3.09. The predicted molar refractivity (Wildman–Crippen MR) is 67.0 cm³/mol. The van der Waals surface area contributed by atoms with Gasteiger partial charge >= 0.3 is 0 Å². The molecule has 2 heterocycles. The molecule has 1 aromatic carbocycles. The van der Waals surface area contributed by atoms with Crippen LogP contribution in [-0.4, -0.2) is 21.5 Å². The topological polar surface area (TPSA) is 41.9 Å². The standard InChI is InChI=1S/C11H7Cl2FN4/c12-9-15-10(13)17-11(16-9)18-4-3-6-1-2-7(14)5-8(6)18/h1-2,5H,3-4H2. The second kappa shape index (κ2) is 4.33. The van der Waals surface area contributed by atoms with E-state index >= 15 is 0 Å². The molecule has 1 aromatic heterocycles. The molecule has 7 heteroatoms. The minimum atomic E-state index is -0.299. The quantitative estimate of drug-likeness (QED) is 0.807. The first-order valence-electron chi connectivity index (χ1n) is 5.26. The van der Waals surface area contributed by atoms with E-state index in [4.69, 9.17) is 23.2 Å². The number of fused-ring (bicyclic) bond motifs is 1. The van der Waals surface area contributed by atoms with Crippen LogP contribution >= 0.6 is 23.2 Å². The third kappa shape index (κ3) is 2.00. The Morgan fingerprint density at radius 2 is 1.83 bits per heavy atom. The monoisotopic (exact) mass is 284 g/mol. The van der Waals surface area contributed by atoms with Gasteiger partial charge in [0.2, 0.25) is 16.5 Å². The number of nitrogens with zero attached hydrogens (tertiary/aromatic N) is 4. The fourth-order valence-electron chi connectivity index (χ4n) is 2.00. The number of rotatable bonds is 1. The number of hydrogen-bond acceptors (Lipinski definition) is 4. The lowest BCUT2D eigenvalue weighted by Gasteiger charge is -2.16. The van der Waals surface area contributed by atoms with E-state index in [0.717, 1.165) is 17.7 Å². The van der Waals surface area contributed by atoms with E-state index in [1.54, 1.807) is 11.0 Å². The van der Waals surface area contributed by atoms with Crippen molar-refractivity contribution >= 4 is 34.8 Å². The first-order valence-corrected chi connectivity index (χ1v) is 6.02.